The summed E-state index contributed by atoms with van der Waals surface area (Å²) in [7, 11) is 1.21. The van der Waals surface area contributed by atoms with Crippen LogP contribution in [-0.4, -0.2) is 23.9 Å². The molecule has 2 aromatic carbocycles. The molecule has 0 atom stereocenters. The molecule has 1 N–H and O–H groups in total. The van der Waals surface area contributed by atoms with Crippen LogP contribution in [0, 0.1) is 10.1 Å². The zero-order valence-corrected chi connectivity index (χ0v) is 12.7. The summed E-state index contributed by atoms with van der Waals surface area (Å²) in [5.74, 6) is -1.33. The number of nitrogens with one attached hydrogen (secondary N) is 1. The van der Waals surface area contributed by atoms with Crippen molar-refractivity contribution in [3.05, 3.63) is 68.7 Å². The molecule has 0 radical (unpaired) electrons. The molecule has 8 heteroatoms. The summed E-state index contributed by atoms with van der Waals surface area (Å²) < 4.78 is 4.59. The first-order chi connectivity index (χ1) is 10.9. The number of methoxy groups -OCH3 is 1. The summed E-state index contributed by atoms with van der Waals surface area (Å²) >= 11 is 5.89. The van der Waals surface area contributed by atoms with Gasteiger partial charge in [0.25, 0.3) is 11.6 Å². The number of nitrogens with zero attached hydrogens (tertiary/aromatic N) is 1. The van der Waals surface area contributed by atoms with Crippen LogP contribution in [-0.2, 0) is 4.74 Å². The van der Waals surface area contributed by atoms with Crippen molar-refractivity contribution in [1.29, 1.82) is 0 Å². The molecule has 0 aliphatic rings. The van der Waals surface area contributed by atoms with Crippen molar-refractivity contribution in [3.63, 3.8) is 0 Å². The van der Waals surface area contributed by atoms with Crippen LogP contribution in [0.1, 0.15) is 20.7 Å². The average molecular weight is 335 g/mol. The van der Waals surface area contributed by atoms with Gasteiger partial charge in [0.2, 0.25) is 0 Å². The van der Waals surface area contributed by atoms with Crippen LogP contribution in [0.5, 0.6) is 0 Å². The highest BCUT2D eigenvalue weighted by Crippen LogP contribution is 2.23. The van der Waals surface area contributed by atoms with Crippen LogP contribution in [0.25, 0.3) is 0 Å². The van der Waals surface area contributed by atoms with Crippen LogP contribution in [0.3, 0.4) is 0 Å². The molecule has 118 valence electrons. The monoisotopic (exact) mass is 334 g/mol. The van der Waals surface area contributed by atoms with Gasteiger partial charge in [0.15, 0.2) is 0 Å². The lowest BCUT2D eigenvalue weighted by Gasteiger charge is -2.08. The van der Waals surface area contributed by atoms with E-state index in [0.29, 0.717) is 0 Å². The number of carbonyl (C=O) groups is 2. The fourth-order valence-electron chi connectivity index (χ4n) is 1.89. The van der Waals surface area contributed by atoms with Crippen molar-refractivity contribution in [2.24, 2.45) is 0 Å². The van der Waals surface area contributed by atoms with Gasteiger partial charge in [0, 0.05) is 11.8 Å². The first kappa shape index (κ1) is 16.4. The van der Waals surface area contributed by atoms with Crippen LogP contribution >= 0.6 is 11.6 Å². The summed E-state index contributed by atoms with van der Waals surface area (Å²) in [5, 5.41) is 13.6. The third kappa shape index (κ3) is 3.64. The molecule has 0 spiro atoms. The van der Waals surface area contributed by atoms with Gasteiger partial charge in [-0.05, 0) is 24.3 Å². The number of esters is 1. The van der Waals surface area contributed by atoms with Crippen molar-refractivity contribution in [1.82, 2.24) is 0 Å². The first-order valence-electron chi connectivity index (χ1n) is 6.36. The van der Waals surface area contributed by atoms with Gasteiger partial charge >= 0.3 is 5.97 Å². The minimum Gasteiger partial charge on any atom is -0.465 e. The Labute approximate surface area is 136 Å². The number of hydrogen-bond donors (Lipinski definition) is 1. The van der Waals surface area contributed by atoms with E-state index >= 15 is 0 Å². The highest BCUT2D eigenvalue weighted by atomic mass is 35.5. The van der Waals surface area contributed by atoms with Gasteiger partial charge in [-0.3, -0.25) is 14.9 Å². The second kappa shape index (κ2) is 6.89. The molecule has 0 aliphatic heterocycles. The first-order valence-corrected chi connectivity index (χ1v) is 6.74. The summed E-state index contributed by atoms with van der Waals surface area (Å²) in [5.41, 5.74) is -0.0632. The van der Waals surface area contributed by atoms with Crippen molar-refractivity contribution in [2.75, 3.05) is 12.4 Å². The largest absolute Gasteiger partial charge is 0.465 e. The molecule has 7 nitrogen and oxygen atoms in total. The molecule has 0 aromatic heterocycles. The molecule has 2 aromatic rings. The van der Waals surface area contributed by atoms with Gasteiger partial charge in [0.05, 0.1) is 22.6 Å². The Hall–Kier alpha value is -2.93. The van der Waals surface area contributed by atoms with Gasteiger partial charge < -0.3 is 10.1 Å². The molecule has 0 unspecified atom stereocenters. The molecule has 23 heavy (non-hydrogen) atoms. The predicted octanol–water partition coefficient (Wildman–Crippen LogP) is 3.29. The van der Waals surface area contributed by atoms with E-state index in [0.717, 1.165) is 0 Å². The lowest BCUT2D eigenvalue weighted by Crippen LogP contribution is -2.14. The number of amides is 1. The maximum atomic E-state index is 12.2. The van der Waals surface area contributed by atoms with E-state index < -0.39 is 16.8 Å². The summed E-state index contributed by atoms with van der Waals surface area (Å²) in [4.78, 5) is 34.1. The topological polar surface area (TPSA) is 98.5 Å². The van der Waals surface area contributed by atoms with Crippen LogP contribution in [0.2, 0.25) is 5.02 Å². The Balaban J connectivity index is 2.31. The maximum absolute atomic E-state index is 12.2. The number of ether oxygens (including phenoxy) is 1. The standard InChI is InChI=1S/C15H11ClN2O5/c1-23-15(20)11-8-9(6-7-12(11)16)17-14(19)10-4-2-3-5-13(10)18(21)22/h2-8H,1H3,(H,17,19). The number of hydrogen-bond acceptors (Lipinski definition) is 5. The van der Waals surface area contributed by atoms with Gasteiger partial charge in [-0.15, -0.1) is 0 Å². The summed E-state index contributed by atoms with van der Waals surface area (Å²) in [6.07, 6.45) is 0. The molecule has 0 heterocycles. The summed E-state index contributed by atoms with van der Waals surface area (Å²) in [6, 6.07) is 9.78. The number of nitro benzene ring substituents is 1. The Morgan fingerprint density at radius 2 is 1.87 bits per heavy atom. The Morgan fingerprint density at radius 1 is 1.17 bits per heavy atom. The van der Waals surface area contributed by atoms with E-state index in [1.807, 2.05) is 0 Å². The fourth-order valence-corrected chi connectivity index (χ4v) is 2.09. The minimum atomic E-state index is -0.671. The molecule has 0 bridgehead atoms. The van der Waals surface area contributed by atoms with E-state index in [1.54, 1.807) is 0 Å². The number of rotatable bonds is 4. The zero-order valence-electron chi connectivity index (χ0n) is 11.9. The molecule has 1 amide bonds. The van der Waals surface area contributed by atoms with E-state index in [2.05, 4.69) is 10.1 Å². The van der Waals surface area contributed by atoms with Crippen molar-refractivity contribution in [2.45, 2.75) is 0 Å². The van der Waals surface area contributed by atoms with E-state index in [9.17, 15) is 19.7 Å². The number of anilines is 1. The van der Waals surface area contributed by atoms with E-state index in [-0.39, 0.29) is 27.5 Å². The second-order valence-electron chi connectivity index (χ2n) is 4.41. The average Bonchev–Trinajstić information content (AvgIpc) is 2.55. The van der Waals surface area contributed by atoms with Gasteiger partial charge in [-0.2, -0.15) is 0 Å². The Bertz CT molecular complexity index is 791. The van der Waals surface area contributed by atoms with E-state index in [4.69, 9.17) is 11.6 Å². The lowest BCUT2D eigenvalue weighted by molar-refractivity contribution is -0.385. The zero-order chi connectivity index (χ0) is 17.0. The SMILES string of the molecule is COC(=O)c1cc(NC(=O)c2ccccc2[N+](=O)[O-])ccc1Cl. The van der Waals surface area contributed by atoms with Gasteiger partial charge in [0.1, 0.15) is 5.56 Å². The normalized spacial score (nSPS) is 10.0. The molecular weight excluding hydrogens is 324 g/mol. The second-order valence-corrected chi connectivity index (χ2v) is 4.82. The van der Waals surface area contributed by atoms with Crippen molar-refractivity contribution >= 4 is 34.9 Å². The van der Waals surface area contributed by atoms with Crippen molar-refractivity contribution in [3.8, 4) is 0 Å². The third-order valence-corrected chi connectivity index (χ3v) is 3.30. The minimum absolute atomic E-state index is 0.0783. The number of halogens is 1. The van der Waals surface area contributed by atoms with Crippen molar-refractivity contribution < 1.29 is 19.2 Å². The highest BCUT2D eigenvalue weighted by Gasteiger charge is 2.20. The molecule has 0 saturated heterocycles. The Morgan fingerprint density at radius 3 is 2.52 bits per heavy atom. The number of para-hydroxylation sites is 1. The maximum Gasteiger partial charge on any atom is 0.339 e. The number of nitro groups is 1. The van der Waals surface area contributed by atoms with Gasteiger partial charge in [-0.25, -0.2) is 4.79 Å². The number of carbonyl (C=O) groups excluding carboxylic acids is 2. The predicted molar refractivity (Wildman–Crippen MR) is 83.8 cm³/mol. The quantitative estimate of drug-likeness (QED) is 0.525. The fraction of sp³-hybridized carbons (Fsp3) is 0.0667. The van der Waals surface area contributed by atoms with E-state index in [1.165, 1.54) is 49.6 Å². The molecule has 0 fully saturated rings. The highest BCUT2D eigenvalue weighted by molar-refractivity contribution is 6.33. The Kier molecular flexibility index (Phi) is 4.92. The smallest absolute Gasteiger partial charge is 0.339 e. The summed E-state index contributed by atoms with van der Waals surface area (Å²) in [6.45, 7) is 0. The molecule has 0 aliphatic carbocycles. The van der Waals surface area contributed by atoms with Crippen LogP contribution in [0.15, 0.2) is 42.5 Å². The van der Waals surface area contributed by atoms with Crippen LogP contribution < -0.4 is 5.32 Å². The van der Waals surface area contributed by atoms with Crippen LogP contribution in [0.4, 0.5) is 11.4 Å². The molecule has 2 rings (SSSR count). The lowest BCUT2D eigenvalue weighted by atomic mass is 10.1. The third-order valence-electron chi connectivity index (χ3n) is 2.97. The number of benzene rings is 2. The van der Waals surface area contributed by atoms with Gasteiger partial charge in [-0.1, -0.05) is 23.7 Å². The molecular formula is C15H11ClN2O5. The molecule has 0 saturated carbocycles.